The molecule has 1 fully saturated rings. The minimum atomic E-state index is -3.62. The van der Waals surface area contributed by atoms with Crippen LogP contribution >= 0.6 is 11.3 Å². The molecule has 1 atom stereocenters. The van der Waals surface area contributed by atoms with Crippen molar-refractivity contribution in [3.63, 3.8) is 0 Å². The van der Waals surface area contributed by atoms with Gasteiger partial charge in [-0.05, 0) is 43.9 Å². The van der Waals surface area contributed by atoms with E-state index in [1.807, 2.05) is 24.4 Å². The van der Waals surface area contributed by atoms with E-state index < -0.39 is 15.9 Å². The summed E-state index contributed by atoms with van der Waals surface area (Å²) >= 11 is 1.38. The van der Waals surface area contributed by atoms with Gasteiger partial charge in [0, 0.05) is 24.0 Å². The average molecular weight is 470 g/mol. The number of thiazole rings is 1. The zero-order chi connectivity index (χ0) is 22.7. The summed E-state index contributed by atoms with van der Waals surface area (Å²) in [4.78, 5) is 17.7. The third kappa shape index (κ3) is 4.92. The van der Waals surface area contributed by atoms with E-state index in [-0.39, 0.29) is 17.3 Å². The van der Waals surface area contributed by atoms with Gasteiger partial charge in [-0.1, -0.05) is 48.9 Å². The lowest BCUT2D eigenvalue weighted by atomic mass is 9.99. The summed E-state index contributed by atoms with van der Waals surface area (Å²) in [6.45, 7) is 4.64. The van der Waals surface area contributed by atoms with Crippen molar-refractivity contribution in [1.82, 2.24) is 9.29 Å². The first-order valence-corrected chi connectivity index (χ1v) is 13.1. The van der Waals surface area contributed by atoms with Crippen LogP contribution in [-0.4, -0.2) is 36.7 Å². The summed E-state index contributed by atoms with van der Waals surface area (Å²) in [6, 6.07) is 15.1. The highest BCUT2D eigenvalue weighted by Gasteiger charge is 2.33. The topological polar surface area (TPSA) is 79.4 Å². The summed E-state index contributed by atoms with van der Waals surface area (Å²) in [5, 5.41) is 5.34. The first-order chi connectivity index (χ1) is 15.4. The lowest BCUT2D eigenvalue weighted by molar-refractivity contribution is -0.120. The number of sulfonamides is 1. The Hall–Kier alpha value is -2.55. The second-order valence-corrected chi connectivity index (χ2v) is 10.9. The molecule has 1 amide bonds. The average Bonchev–Trinajstić information content (AvgIpc) is 3.28. The Labute approximate surface area is 193 Å². The Morgan fingerprint density at radius 1 is 1.16 bits per heavy atom. The normalized spacial score (nSPS) is 17.2. The van der Waals surface area contributed by atoms with Gasteiger partial charge in [-0.15, -0.1) is 11.3 Å². The number of nitrogens with one attached hydrogen (secondary N) is 1. The van der Waals surface area contributed by atoms with Gasteiger partial charge in [-0.25, -0.2) is 13.4 Å². The van der Waals surface area contributed by atoms with Crippen LogP contribution in [0, 0.1) is 12.8 Å². The largest absolute Gasteiger partial charge is 0.302 e. The van der Waals surface area contributed by atoms with E-state index >= 15 is 0 Å². The van der Waals surface area contributed by atoms with Crippen molar-refractivity contribution in [2.24, 2.45) is 5.92 Å². The van der Waals surface area contributed by atoms with Gasteiger partial charge in [-0.2, -0.15) is 4.31 Å². The highest BCUT2D eigenvalue weighted by atomic mass is 32.2. The summed E-state index contributed by atoms with van der Waals surface area (Å²) in [5.74, 6) is -0.587. The molecule has 2 heterocycles. The molecule has 168 valence electrons. The number of anilines is 1. The van der Waals surface area contributed by atoms with Crippen molar-refractivity contribution in [2.45, 2.75) is 38.0 Å². The van der Waals surface area contributed by atoms with E-state index in [1.165, 1.54) is 21.2 Å². The number of benzene rings is 2. The number of aromatic nitrogens is 1. The summed E-state index contributed by atoms with van der Waals surface area (Å²) in [6.07, 6.45) is 2.29. The molecular weight excluding hydrogens is 442 g/mol. The Balaban J connectivity index is 1.42. The van der Waals surface area contributed by atoms with Crippen LogP contribution in [0.4, 0.5) is 5.13 Å². The molecule has 8 heteroatoms. The van der Waals surface area contributed by atoms with Crippen LogP contribution in [0.15, 0.2) is 58.8 Å². The number of piperidine rings is 1. The minimum absolute atomic E-state index is 0.179. The first kappa shape index (κ1) is 22.6. The lowest BCUT2D eigenvalue weighted by Gasteiger charge is -2.31. The Morgan fingerprint density at radius 2 is 1.88 bits per heavy atom. The Kier molecular flexibility index (Phi) is 6.74. The molecule has 2 aromatic carbocycles. The molecule has 3 aromatic rings. The number of amides is 1. The number of aryl methyl sites for hydroxylation is 2. The maximum atomic E-state index is 13.0. The van der Waals surface area contributed by atoms with Crippen LogP contribution < -0.4 is 5.32 Å². The van der Waals surface area contributed by atoms with Crippen molar-refractivity contribution in [3.8, 4) is 11.3 Å². The molecule has 32 heavy (non-hydrogen) atoms. The maximum Gasteiger partial charge on any atom is 0.243 e. The van der Waals surface area contributed by atoms with Gasteiger partial charge >= 0.3 is 0 Å². The highest BCUT2D eigenvalue weighted by molar-refractivity contribution is 7.89. The predicted molar refractivity (Wildman–Crippen MR) is 128 cm³/mol. The second-order valence-electron chi connectivity index (χ2n) is 8.09. The van der Waals surface area contributed by atoms with Crippen LogP contribution in [0.3, 0.4) is 0 Å². The SMILES string of the molecule is CCc1ccc(-c2csc(NC(=O)C3CCCN(S(=O)(=O)c4ccc(C)cc4)C3)n2)cc1. The highest BCUT2D eigenvalue weighted by Crippen LogP contribution is 2.28. The third-order valence-corrected chi connectivity index (χ3v) is 8.44. The predicted octanol–water partition coefficient (Wildman–Crippen LogP) is 4.72. The zero-order valence-corrected chi connectivity index (χ0v) is 19.9. The van der Waals surface area contributed by atoms with Crippen LogP contribution in [0.1, 0.15) is 30.9 Å². The first-order valence-electron chi connectivity index (χ1n) is 10.8. The summed E-state index contributed by atoms with van der Waals surface area (Å²) < 4.78 is 27.5. The van der Waals surface area contributed by atoms with Gasteiger partial charge in [0.2, 0.25) is 15.9 Å². The number of rotatable bonds is 6. The molecule has 0 saturated carbocycles. The molecule has 1 aliphatic rings. The fourth-order valence-corrected chi connectivity index (χ4v) is 6.06. The van der Waals surface area contributed by atoms with Crippen molar-refractivity contribution >= 4 is 32.4 Å². The molecular formula is C24H27N3O3S2. The second kappa shape index (κ2) is 9.52. The van der Waals surface area contributed by atoms with Gasteiger partial charge in [0.1, 0.15) is 0 Å². The quantitative estimate of drug-likeness (QED) is 0.567. The standard InChI is InChI=1S/C24H27N3O3S2/c1-3-18-8-10-19(11-9-18)22-16-31-24(25-22)26-23(28)20-5-4-14-27(15-20)32(29,30)21-12-6-17(2)7-13-21/h6-13,16,20H,3-5,14-15H2,1-2H3,(H,25,26,28). The van der Waals surface area contributed by atoms with E-state index in [2.05, 4.69) is 29.4 Å². The number of hydrogen-bond donors (Lipinski definition) is 1. The number of hydrogen-bond acceptors (Lipinski definition) is 5. The van der Waals surface area contributed by atoms with Crippen molar-refractivity contribution in [1.29, 1.82) is 0 Å². The number of nitrogens with zero attached hydrogens (tertiary/aromatic N) is 2. The Bertz CT molecular complexity index is 1190. The Morgan fingerprint density at radius 3 is 2.56 bits per heavy atom. The summed E-state index contributed by atoms with van der Waals surface area (Å²) in [7, 11) is -3.62. The smallest absolute Gasteiger partial charge is 0.243 e. The molecule has 4 rings (SSSR count). The number of carbonyl (C=O) groups is 1. The fraction of sp³-hybridized carbons (Fsp3) is 0.333. The molecule has 0 aliphatic carbocycles. The van der Waals surface area contributed by atoms with Crippen molar-refractivity contribution in [2.75, 3.05) is 18.4 Å². The van der Waals surface area contributed by atoms with Gasteiger partial charge < -0.3 is 5.32 Å². The summed E-state index contributed by atoms with van der Waals surface area (Å²) in [5.41, 5.74) is 4.09. The molecule has 1 saturated heterocycles. The van der Waals surface area contributed by atoms with E-state index in [9.17, 15) is 13.2 Å². The van der Waals surface area contributed by atoms with Crippen LogP contribution in [0.25, 0.3) is 11.3 Å². The molecule has 6 nitrogen and oxygen atoms in total. The van der Waals surface area contributed by atoms with Crippen LogP contribution in [-0.2, 0) is 21.2 Å². The number of carbonyl (C=O) groups excluding carboxylic acids is 1. The molecule has 1 unspecified atom stereocenters. The molecule has 0 spiro atoms. The minimum Gasteiger partial charge on any atom is -0.302 e. The van der Waals surface area contributed by atoms with Crippen LogP contribution in [0.5, 0.6) is 0 Å². The molecule has 1 aliphatic heterocycles. The van der Waals surface area contributed by atoms with Crippen molar-refractivity contribution < 1.29 is 13.2 Å². The maximum absolute atomic E-state index is 13.0. The van der Waals surface area contributed by atoms with Gasteiger partial charge in [0.15, 0.2) is 5.13 Å². The van der Waals surface area contributed by atoms with Gasteiger partial charge in [0.05, 0.1) is 16.5 Å². The lowest BCUT2D eigenvalue weighted by Crippen LogP contribution is -2.43. The molecule has 1 aromatic heterocycles. The molecule has 0 radical (unpaired) electrons. The van der Waals surface area contributed by atoms with E-state index in [4.69, 9.17) is 0 Å². The third-order valence-electron chi connectivity index (χ3n) is 5.81. The van der Waals surface area contributed by atoms with E-state index in [0.29, 0.717) is 24.5 Å². The van der Waals surface area contributed by atoms with Gasteiger partial charge in [-0.3, -0.25) is 4.79 Å². The van der Waals surface area contributed by atoms with Crippen LogP contribution in [0.2, 0.25) is 0 Å². The monoisotopic (exact) mass is 469 g/mol. The van der Waals surface area contributed by atoms with Gasteiger partial charge in [0.25, 0.3) is 0 Å². The molecule has 0 bridgehead atoms. The van der Waals surface area contributed by atoms with E-state index in [1.54, 1.807) is 24.3 Å². The zero-order valence-electron chi connectivity index (χ0n) is 18.2. The van der Waals surface area contributed by atoms with E-state index in [0.717, 1.165) is 23.2 Å². The molecule has 1 N–H and O–H groups in total. The van der Waals surface area contributed by atoms with Crippen molar-refractivity contribution in [3.05, 3.63) is 65.0 Å². The fourth-order valence-electron chi connectivity index (χ4n) is 3.82.